The summed E-state index contributed by atoms with van der Waals surface area (Å²) < 4.78 is 12.9. The van der Waals surface area contributed by atoms with E-state index < -0.39 is 0 Å². The molecule has 1 aromatic carbocycles. The highest BCUT2D eigenvalue weighted by Crippen LogP contribution is 2.25. The summed E-state index contributed by atoms with van der Waals surface area (Å²) in [5, 5.41) is 0.691. The molecular weight excluding hydrogens is 259 g/mol. The predicted molar refractivity (Wildman–Crippen MR) is 80.9 cm³/mol. The first-order valence-electron chi connectivity index (χ1n) is 6.94. The maximum atomic E-state index is 12.9. The Bertz CT molecular complexity index is 396. The standard InChI is InChI=1S/C15H23FN2S/c1-11-12(2)19-10-9-18(11)8-7-15(17)13-3-5-14(16)6-4-13/h3-6,11-12,15H,7-10,17H2,1-2H3. The van der Waals surface area contributed by atoms with E-state index in [9.17, 15) is 4.39 Å². The minimum absolute atomic E-state index is 0.00214. The molecule has 0 amide bonds. The highest BCUT2D eigenvalue weighted by atomic mass is 32.2. The summed E-state index contributed by atoms with van der Waals surface area (Å²) in [6, 6.07) is 7.15. The fourth-order valence-electron chi connectivity index (χ4n) is 2.49. The maximum absolute atomic E-state index is 12.9. The quantitative estimate of drug-likeness (QED) is 0.920. The molecule has 2 rings (SSSR count). The van der Waals surface area contributed by atoms with Crippen LogP contribution in [0, 0.1) is 5.82 Å². The molecule has 1 saturated heterocycles. The Labute approximate surface area is 119 Å². The fraction of sp³-hybridized carbons (Fsp3) is 0.600. The van der Waals surface area contributed by atoms with E-state index in [-0.39, 0.29) is 11.9 Å². The lowest BCUT2D eigenvalue weighted by Crippen LogP contribution is -2.45. The number of hydrogen-bond acceptors (Lipinski definition) is 3. The van der Waals surface area contributed by atoms with Crippen molar-refractivity contribution in [2.45, 2.75) is 37.6 Å². The molecule has 19 heavy (non-hydrogen) atoms. The van der Waals surface area contributed by atoms with E-state index in [1.807, 2.05) is 11.8 Å². The van der Waals surface area contributed by atoms with Crippen molar-refractivity contribution in [2.24, 2.45) is 5.73 Å². The Hall–Kier alpha value is -0.580. The molecule has 106 valence electrons. The third-order valence-corrected chi connectivity index (χ3v) is 5.38. The van der Waals surface area contributed by atoms with Gasteiger partial charge in [-0.1, -0.05) is 19.1 Å². The minimum Gasteiger partial charge on any atom is -0.324 e. The van der Waals surface area contributed by atoms with Crippen LogP contribution in [0.5, 0.6) is 0 Å². The Morgan fingerprint density at radius 2 is 2.05 bits per heavy atom. The van der Waals surface area contributed by atoms with Crippen LogP contribution in [0.1, 0.15) is 31.9 Å². The van der Waals surface area contributed by atoms with Gasteiger partial charge in [0, 0.05) is 36.2 Å². The molecule has 1 fully saturated rings. The van der Waals surface area contributed by atoms with Gasteiger partial charge in [0.2, 0.25) is 0 Å². The van der Waals surface area contributed by atoms with E-state index in [0.717, 1.165) is 25.1 Å². The Balaban J connectivity index is 1.86. The molecule has 1 aromatic rings. The predicted octanol–water partition coefficient (Wildman–Crippen LogP) is 3.04. The molecule has 3 atom stereocenters. The zero-order chi connectivity index (χ0) is 13.8. The normalized spacial score (nSPS) is 26.3. The smallest absolute Gasteiger partial charge is 0.123 e. The van der Waals surface area contributed by atoms with Crippen LogP contribution in [0.4, 0.5) is 4.39 Å². The number of benzene rings is 1. The van der Waals surface area contributed by atoms with Crippen molar-refractivity contribution in [1.29, 1.82) is 0 Å². The zero-order valence-corrected chi connectivity index (χ0v) is 12.5. The topological polar surface area (TPSA) is 29.3 Å². The first kappa shape index (κ1) is 14.8. The van der Waals surface area contributed by atoms with Crippen LogP contribution in [0.2, 0.25) is 0 Å². The molecule has 1 aliphatic heterocycles. The van der Waals surface area contributed by atoms with Crippen LogP contribution in [0.3, 0.4) is 0 Å². The van der Waals surface area contributed by atoms with E-state index >= 15 is 0 Å². The number of thioether (sulfide) groups is 1. The van der Waals surface area contributed by atoms with Crippen LogP contribution >= 0.6 is 11.8 Å². The molecule has 1 aliphatic rings. The Morgan fingerprint density at radius 1 is 1.37 bits per heavy atom. The number of hydrogen-bond donors (Lipinski definition) is 1. The third-order valence-electron chi connectivity index (χ3n) is 4.04. The van der Waals surface area contributed by atoms with Gasteiger partial charge in [0.1, 0.15) is 5.82 Å². The van der Waals surface area contributed by atoms with Crippen molar-refractivity contribution in [3.8, 4) is 0 Å². The second kappa shape index (κ2) is 6.73. The largest absolute Gasteiger partial charge is 0.324 e. The summed E-state index contributed by atoms with van der Waals surface area (Å²) in [6.45, 7) is 6.75. The van der Waals surface area contributed by atoms with Gasteiger partial charge < -0.3 is 5.73 Å². The lowest BCUT2D eigenvalue weighted by molar-refractivity contribution is 0.206. The highest BCUT2D eigenvalue weighted by Gasteiger charge is 2.25. The summed E-state index contributed by atoms with van der Waals surface area (Å²) in [5.41, 5.74) is 7.21. The summed E-state index contributed by atoms with van der Waals surface area (Å²) in [7, 11) is 0. The van der Waals surface area contributed by atoms with E-state index in [1.165, 1.54) is 17.9 Å². The molecule has 0 spiro atoms. The summed E-state index contributed by atoms with van der Waals surface area (Å²) >= 11 is 2.05. The molecule has 2 nitrogen and oxygen atoms in total. The average molecular weight is 282 g/mol. The average Bonchev–Trinajstić information content (AvgIpc) is 2.41. The van der Waals surface area contributed by atoms with Crippen LogP contribution in [-0.4, -0.2) is 35.0 Å². The van der Waals surface area contributed by atoms with Crippen molar-refractivity contribution in [3.05, 3.63) is 35.6 Å². The molecule has 1 heterocycles. The van der Waals surface area contributed by atoms with Gasteiger partial charge in [-0.2, -0.15) is 11.8 Å². The number of halogens is 1. The van der Waals surface area contributed by atoms with Crippen LogP contribution < -0.4 is 5.73 Å². The molecule has 0 radical (unpaired) electrons. The van der Waals surface area contributed by atoms with Crippen molar-refractivity contribution >= 4 is 11.8 Å². The first-order chi connectivity index (χ1) is 9.08. The summed E-state index contributed by atoms with van der Waals surface area (Å²) in [6.07, 6.45) is 0.924. The molecule has 4 heteroatoms. The maximum Gasteiger partial charge on any atom is 0.123 e. The number of nitrogens with zero attached hydrogens (tertiary/aromatic N) is 1. The Kier molecular flexibility index (Phi) is 5.25. The van der Waals surface area contributed by atoms with Gasteiger partial charge in [-0.05, 0) is 31.0 Å². The van der Waals surface area contributed by atoms with Crippen LogP contribution in [0.25, 0.3) is 0 Å². The van der Waals surface area contributed by atoms with Crippen molar-refractivity contribution in [1.82, 2.24) is 4.90 Å². The molecule has 3 unspecified atom stereocenters. The molecular formula is C15H23FN2S. The molecule has 0 aliphatic carbocycles. The number of rotatable bonds is 4. The first-order valence-corrected chi connectivity index (χ1v) is 7.99. The second-order valence-electron chi connectivity index (χ2n) is 5.30. The van der Waals surface area contributed by atoms with Crippen LogP contribution in [-0.2, 0) is 0 Å². The van der Waals surface area contributed by atoms with E-state index in [0.29, 0.717) is 11.3 Å². The highest BCUT2D eigenvalue weighted by molar-refractivity contribution is 8.00. The van der Waals surface area contributed by atoms with Gasteiger partial charge >= 0.3 is 0 Å². The molecule has 0 bridgehead atoms. The van der Waals surface area contributed by atoms with Gasteiger partial charge in [0.25, 0.3) is 0 Å². The lowest BCUT2D eigenvalue weighted by atomic mass is 10.0. The van der Waals surface area contributed by atoms with Gasteiger partial charge in [-0.3, -0.25) is 4.90 Å². The van der Waals surface area contributed by atoms with Gasteiger partial charge in [-0.25, -0.2) is 4.39 Å². The van der Waals surface area contributed by atoms with Crippen LogP contribution in [0.15, 0.2) is 24.3 Å². The lowest BCUT2D eigenvalue weighted by Gasteiger charge is -2.38. The summed E-state index contributed by atoms with van der Waals surface area (Å²) in [5.74, 6) is 1.00. The van der Waals surface area contributed by atoms with Gasteiger partial charge in [0.15, 0.2) is 0 Å². The SMILES string of the molecule is CC1SCCN(CCC(N)c2ccc(F)cc2)C1C. The monoisotopic (exact) mass is 282 g/mol. The van der Waals surface area contributed by atoms with E-state index in [4.69, 9.17) is 5.73 Å². The third kappa shape index (κ3) is 3.94. The second-order valence-corrected chi connectivity index (χ2v) is 6.78. The summed E-state index contributed by atoms with van der Waals surface area (Å²) in [4.78, 5) is 2.52. The fourth-order valence-corrected chi connectivity index (χ4v) is 3.65. The van der Waals surface area contributed by atoms with Crippen molar-refractivity contribution in [3.63, 3.8) is 0 Å². The van der Waals surface area contributed by atoms with E-state index in [2.05, 4.69) is 18.7 Å². The van der Waals surface area contributed by atoms with Gasteiger partial charge in [-0.15, -0.1) is 0 Å². The molecule has 0 saturated carbocycles. The molecule has 0 aromatic heterocycles. The molecule has 2 N–H and O–H groups in total. The van der Waals surface area contributed by atoms with Crippen molar-refractivity contribution in [2.75, 3.05) is 18.8 Å². The van der Waals surface area contributed by atoms with Gasteiger partial charge in [0.05, 0.1) is 0 Å². The zero-order valence-electron chi connectivity index (χ0n) is 11.7. The Morgan fingerprint density at radius 3 is 2.74 bits per heavy atom. The van der Waals surface area contributed by atoms with E-state index in [1.54, 1.807) is 12.1 Å². The number of nitrogens with two attached hydrogens (primary N) is 1. The van der Waals surface area contributed by atoms with Crippen molar-refractivity contribution < 1.29 is 4.39 Å². The minimum atomic E-state index is -0.202.